The van der Waals surface area contributed by atoms with Gasteiger partial charge in [-0.2, -0.15) is 13.2 Å². The summed E-state index contributed by atoms with van der Waals surface area (Å²) in [6.45, 7) is 1.99. The maximum atomic E-state index is 12.7. The molecule has 7 heteroatoms. The summed E-state index contributed by atoms with van der Waals surface area (Å²) in [5.41, 5.74) is -0.266. The molecule has 0 radical (unpaired) electrons. The molecular formula is C15H18F3N3O. The number of alkyl halides is 3. The molecule has 120 valence electrons. The van der Waals surface area contributed by atoms with E-state index in [1.807, 2.05) is 0 Å². The van der Waals surface area contributed by atoms with E-state index in [4.69, 9.17) is 0 Å². The van der Waals surface area contributed by atoms with Gasteiger partial charge in [0.05, 0.1) is 5.56 Å². The van der Waals surface area contributed by atoms with Gasteiger partial charge in [0.1, 0.15) is 0 Å². The van der Waals surface area contributed by atoms with Crippen LogP contribution < -0.4 is 10.6 Å². The first kappa shape index (κ1) is 15.1. The predicted molar refractivity (Wildman–Crippen MR) is 76.6 cm³/mol. The van der Waals surface area contributed by atoms with E-state index in [1.165, 1.54) is 12.1 Å². The minimum atomic E-state index is -4.41. The molecule has 0 unspecified atom stereocenters. The third-order valence-electron chi connectivity index (χ3n) is 4.65. The number of halogens is 3. The first-order valence-corrected chi connectivity index (χ1v) is 7.21. The number of benzene rings is 1. The van der Waals surface area contributed by atoms with Gasteiger partial charge in [-0.25, -0.2) is 4.79 Å². The minimum Gasteiger partial charge on any atom is -0.325 e. The summed E-state index contributed by atoms with van der Waals surface area (Å²) in [7, 11) is 1.69. The Bertz CT molecular complexity index is 576. The van der Waals surface area contributed by atoms with E-state index in [0.29, 0.717) is 5.41 Å². The molecule has 22 heavy (non-hydrogen) atoms. The van der Waals surface area contributed by atoms with Gasteiger partial charge in [-0.1, -0.05) is 6.07 Å². The first-order valence-electron chi connectivity index (χ1n) is 7.21. The molecule has 4 nitrogen and oxygen atoms in total. The minimum absolute atomic E-state index is 0.158. The summed E-state index contributed by atoms with van der Waals surface area (Å²) >= 11 is 0. The molecule has 0 atom stereocenters. The highest BCUT2D eigenvalue weighted by Gasteiger charge is 2.50. The molecule has 1 saturated heterocycles. The Morgan fingerprint density at radius 2 is 2.05 bits per heavy atom. The molecule has 3 rings (SSSR count). The summed E-state index contributed by atoms with van der Waals surface area (Å²) in [6, 6.07) is 4.47. The topological polar surface area (TPSA) is 44.4 Å². The highest BCUT2D eigenvalue weighted by molar-refractivity contribution is 5.89. The number of hydrogen-bond acceptors (Lipinski definition) is 2. The van der Waals surface area contributed by atoms with E-state index in [2.05, 4.69) is 10.6 Å². The van der Waals surface area contributed by atoms with Crippen LogP contribution in [-0.2, 0) is 6.18 Å². The Labute approximate surface area is 126 Å². The van der Waals surface area contributed by atoms with Crippen LogP contribution in [0.1, 0.15) is 18.4 Å². The SMILES string of the molecule is CN(C(=O)Nc1cccc(C(F)(F)F)c1)C1CC2(CNC2)C1. The number of carbonyl (C=O) groups excluding carboxylic acids is 1. The molecule has 2 aliphatic rings. The van der Waals surface area contributed by atoms with Crippen molar-refractivity contribution in [1.82, 2.24) is 10.2 Å². The number of anilines is 1. The monoisotopic (exact) mass is 313 g/mol. The predicted octanol–water partition coefficient (Wildman–Crippen LogP) is 2.92. The molecule has 0 bridgehead atoms. The smallest absolute Gasteiger partial charge is 0.325 e. The number of carbonyl (C=O) groups is 1. The molecule has 1 aliphatic heterocycles. The molecular weight excluding hydrogens is 295 g/mol. The number of nitrogens with one attached hydrogen (secondary N) is 2. The molecule has 1 heterocycles. The van der Waals surface area contributed by atoms with E-state index in [-0.39, 0.29) is 17.8 Å². The van der Waals surface area contributed by atoms with Gasteiger partial charge in [0.15, 0.2) is 0 Å². The maximum absolute atomic E-state index is 12.7. The van der Waals surface area contributed by atoms with Crippen LogP contribution in [0, 0.1) is 5.41 Å². The van der Waals surface area contributed by atoms with E-state index in [9.17, 15) is 18.0 Å². The lowest BCUT2D eigenvalue weighted by Gasteiger charge is -2.56. The van der Waals surface area contributed by atoms with Crippen molar-refractivity contribution in [1.29, 1.82) is 0 Å². The maximum Gasteiger partial charge on any atom is 0.416 e. The van der Waals surface area contributed by atoms with Gasteiger partial charge < -0.3 is 15.5 Å². The van der Waals surface area contributed by atoms with Crippen molar-refractivity contribution in [2.24, 2.45) is 5.41 Å². The fourth-order valence-corrected chi connectivity index (χ4v) is 3.13. The highest BCUT2D eigenvalue weighted by Crippen LogP contribution is 2.46. The summed E-state index contributed by atoms with van der Waals surface area (Å²) in [5.74, 6) is 0. The summed E-state index contributed by atoms with van der Waals surface area (Å²) in [6.07, 6.45) is -2.51. The first-order chi connectivity index (χ1) is 10.3. The molecule has 1 saturated carbocycles. The van der Waals surface area contributed by atoms with Crippen LogP contribution >= 0.6 is 0 Å². The number of hydrogen-bond donors (Lipinski definition) is 2. The number of amides is 2. The Kier molecular flexibility index (Phi) is 3.55. The van der Waals surface area contributed by atoms with Crippen LogP contribution in [0.15, 0.2) is 24.3 Å². The molecule has 0 aromatic heterocycles. The quantitative estimate of drug-likeness (QED) is 0.882. The summed E-state index contributed by atoms with van der Waals surface area (Å²) in [4.78, 5) is 13.7. The van der Waals surface area contributed by atoms with Crippen LogP contribution in [0.4, 0.5) is 23.7 Å². The second kappa shape index (κ2) is 5.15. The standard InChI is InChI=1S/C15H18F3N3O/c1-21(12-6-14(7-12)8-19-9-14)13(22)20-11-4-2-3-10(5-11)15(16,17)18/h2-5,12,19H,6-9H2,1H3,(H,20,22). The van der Waals surface area contributed by atoms with Gasteiger partial charge in [-0.05, 0) is 36.5 Å². The third-order valence-corrected chi connectivity index (χ3v) is 4.65. The van der Waals surface area contributed by atoms with Crippen molar-refractivity contribution in [3.8, 4) is 0 Å². The highest BCUT2D eigenvalue weighted by atomic mass is 19.4. The zero-order valence-corrected chi connectivity index (χ0v) is 12.2. The Balaban J connectivity index is 1.59. The molecule has 2 fully saturated rings. The van der Waals surface area contributed by atoms with Crippen molar-refractivity contribution < 1.29 is 18.0 Å². The average Bonchev–Trinajstić information content (AvgIpc) is 2.34. The van der Waals surface area contributed by atoms with Crippen LogP contribution in [0.5, 0.6) is 0 Å². The van der Waals surface area contributed by atoms with Crippen LogP contribution in [-0.4, -0.2) is 37.1 Å². The van der Waals surface area contributed by atoms with E-state index in [1.54, 1.807) is 11.9 Å². The number of rotatable bonds is 2. The lowest BCUT2D eigenvalue weighted by atomic mass is 9.61. The zero-order valence-electron chi connectivity index (χ0n) is 12.2. The molecule has 1 aromatic carbocycles. The molecule has 1 spiro atoms. The van der Waals surface area contributed by atoms with Crippen molar-refractivity contribution in [2.75, 3.05) is 25.5 Å². The molecule has 2 amide bonds. The van der Waals surface area contributed by atoms with Crippen molar-refractivity contribution >= 4 is 11.7 Å². The van der Waals surface area contributed by atoms with Gasteiger partial charge in [0.25, 0.3) is 0 Å². The number of nitrogens with zero attached hydrogens (tertiary/aromatic N) is 1. The van der Waals surface area contributed by atoms with Crippen LogP contribution in [0.2, 0.25) is 0 Å². The lowest BCUT2D eigenvalue weighted by molar-refractivity contribution is -0.137. The second-order valence-electron chi connectivity index (χ2n) is 6.29. The van der Waals surface area contributed by atoms with Gasteiger partial charge in [-0.15, -0.1) is 0 Å². The number of urea groups is 1. The van der Waals surface area contributed by atoms with E-state index < -0.39 is 11.7 Å². The molecule has 1 aliphatic carbocycles. The van der Waals surface area contributed by atoms with E-state index in [0.717, 1.165) is 38.1 Å². The lowest BCUT2D eigenvalue weighted by Crippen LogP contribution is -2.65. The molecule has 2 N–H and O–H groups in total. The van der Waals surface area contributed by atoms with Crippen LogP contribution in [0.3, 0.4) is 0 Å². The van der Waals surface area contributed by atoms with Gasteiger partial charge in [0.2, 0.25) is 0 Å². The van der Waals surface area contributed by atoms with Gasteiger partial charge in [0, 0.05) is 31.9 Å². The Morgan fingerprint density at radius 3 is 2.59 bits per heavy atom. The van der Waals surface area contributed by atoms with Gasteiger partial charge >= 0.3 is 12.2 Å². The Morgan fingerprint density at radius 1 is 1.36 bits per heavy atom. The Hall–Kier alpha value is -1.76. The van der Waals surface area contributed by atoms with Crippen molar-refractivity contribution in [2.45, 2.75) is 25.1 Å². The fraction of sp³-hybridized carbons (Fsp3) is 0.533. The zero-order chi connectivity index (χ0) is 16.0. The van der Waals surface area contributed by atoms with Crippen molar-refractivity contribution in [3.63, 3.8) is 0 Å². The third kappa shape index (κ3) is 2.77. The largest absolute Gasteiger partial charge is 0.416 e. The van der Waals surface area contributed by atoms with Gasteiger partial charge in [-0.3, -0.25) is 0 Å². The average molecular weight is 313 g/mol. The normalized spacial score (nSPS) is 20.2. The van der Waals surface area contributed by atoms with Crippen LogP contribution in [0.25, 0.3) is 0 Å². The second-order valence-corrected chi connectivity index (χ2v) is 6.29. The molecule has 1 aromatic rings. The van der Waals surface area contributed by atoms with Crippen molar-refractivity contribution in [3.05, 3.63) is 29.8 Å². The fourth-order valence-electron chi connectivity index (χ4n) is 3.13. The summed E-state index contributed by atoms with van der Waals surface area (Å²) < 4.78 is 38.0. The summed E-state index contributed by atoms with van der Waals surface area (Å²) in [5, 5.41) is 5.77. The van der Waals surface area contributed by atoms with E-state index >= 15 is 0 Å².